The van der Waals surface area contributed by atoms with E-state index in [0.29, 0.717) is 13.2 Å². The molecule has 0 atom stereocenters. The normalized spacial score (nSPS) is 11.3. The van der Waals surface area contributed by atoms with Gasteiger partial charge >= 0.3 is 0 Å². The van der Waals surface area contributed by atoms with E-state index < -0.39 is 0 Å². The molecule has 2 N–H and O–H groups in total. The van der Waals surface area contributed by atoms with Crippen molar-refractivity contribution in [3.63, 3.8) is 0 Å². The van der Waals surface area contributed by atoms with Gasteiger partial charge in [-0.25, -0.2) is 0 Å². The highest BCUT2D eigenvalue weighted by Crippen LogP contribution is 2.17. The van der Waals surface area contributed by atoms with Crippen molar-refractivity contribution in [1.29, 1.82) is 0 Å². The van der Waals surface area contributed by atoms with Gasteiger partial charge in [0.2, 0.25) is 0 Å². The third kappa shape index (κ3) is 8.71. The lowest BCUT2D eigenvalue weighted by atomic mass is 10.2. The van der Waals surface area contributed by atoms with E-state index in [0.717, 1.165) is 36.8 Å². The minimum Gasteiger partial charge on any atom is -0.496 e. The number of nitrogens with zero attached hydrogens (tertiary/aromatic N) is 1. The molecule has 0 aliphatic heterocycles. The van der Waals surface area contributed by atoms with Gasteiger partial charge in [0.1, 0.15) is 5.75 Å². The fourth-order valence-electron chi connectivity index (χ4n) is 2.04. The number of hydrogen-bond donors (Lipinski definition) is 2. The number of unbranched alkanes of at least 4 members (excludes halogenated alkanes) is 1. The summed E-state index contributed by atoms with van der Waals surface area (Å²) in [6.07, 6.45) is 4.53. The molecule has 0 heterocycles. The van der Waals surface area contributed by atoms with Gasteiger partial charge in [0.05, 0.1) is 20.3 Å². The minimum atomic E-state index is 0.548. The highest BCUT2D eigenvalue weighted by Gasteiger charge is 2.01. The second-order valence-corrected chi connectivity index (χ2v) is 5.98. The first-order valence-electron chi connectivity index (χ1n) is 7.95. The second kappa shape index (κ2) is 13.1. The first-order valence-corrected chi connectivity index (χ1v) is 9.34. The molecule has 1 rings (SSSR count). The molecule has 0 aliphatic rings. The SMILES string of the molecule is CN=C(NCCCCSC)NCCOCc1ccccc1OC. The molecule has 0 aliphatic carbocycles. The lowest BCUT2D eigenvalue weighted by Crippen LogP contribution is -2.39. The predicted octanol–water partition coefficient (Wildman–Crippen LogP) is 2.52. The van der Waals surface area contributed by atoms with E-state index in [1.165, 1.54) is 12.2 Å². The van der Waals surface area contributed by atoms with Crippen molar-refractivity contribution < 1.29 is 9.47 Å². The maximum atomic E-state index is 5.69. The van der Waals surface area contributed by atoms with Crippen LogP contribution in [0.25, 0.3) is 0 Å². The van der Waals surface area contributed by atoms with Crippen molar-refractivity contribution in [2.45, 2.75) is 19.4 Å². The highest BCUT2D eigenvalue weighted by molar-refractivity contribution is 7.98. The van der Waals surface area contributed by atoms with Crippen LogP contribution >= 0.6 is 11.8 Å². The summed E-state index contributed by atoms with van der Waals surface area (Å²) in [6, 6.07) is 7.90. The summed E-state index contributed by atoms with van der Waals surface area (Å²) in [6.45, 7) is 2.83. The van der Waals surface area contributed by atoms with Crippen molar-refractivity contribution in [3.8, 4) is 5.75 Å². The molecule has 0 saturated carbocycles. The first-order chi connectivity index (χ1) is 11.3. The molecule has 0 bridgehead atoms. The Morgan fingerprint density at radius 3 is 2.70 bits per heavy atom. The number of methoxy groups -OCH3 is 1. The van der Waals surface area contributed by atoms with Crippen molar-refractivity contribution in [1.82, 2.24) is 10.6 Å². The summed E-state index contributed by atoms with van der Waals surface area (Å²) < 4.78 is 11.0. The summed E-state index contributed by atoms with van der Waals surface area (Å²) in [7, 11) is 3.46. The number of guanidine groups is 1. The Morgan fingerprint density at radius 2 is 1.96 bits per heavy atom. The van der Waals surface area contributed by atoms with Gasteiger partial charge in [0, 0.05) is 25.7 Å². The molecule has 6 heteroatoms. The maximum Gasteiger partial charge on any atom is 0.191 e. The molecule has 0 unspecified atom stereocenters. The molecule has 0 saturated heterocycles. The molecular formula is C17H29N3O2S. The molecule has 0 fully saturated rings. The molecule has 0 aromatic heterocycles. The van der Waals surface area contributed by atoms with Crippen LogP contribution in [0.3, 0.4) is 0 Å². The smallest absolute Gasteiger partial charge is 0.191 e. The van der Waals surface area contributed by atoms with Crippen LogP contribution in [0, 0.1) is 0 Å². The zero-order chi connectivity index (χ0) is 16.8. The zero-order valence-corrected chi connectivity index (χ0v) is 15.2. The summed E-state index contributed by atoms with van der Waals surface area (Å²) in [5.41, 5.74) is 1.06. The fraction of sp³-hybridized carbons (Fsp3) is 0.588. The van der Waals surface area contributed by atoms with E-state index in [1.807, 2.05) is 36.0 Å². The van der Waals surface area contributed by atoms with Crippen molar-refractivity contribution in [3.05, 3.63) is 29.8 Å². The summed E-state index contributed by atoms with van der Waals surface area (Å²) >= 11 is 1.89. The van der Waals surface area contributed by atoms with E-state index in [4.69, 9.17) is 9.47 Å². The molecule has 5 nitrogen and oxygen atoms in total. The van der Waals surface area contributed by atoms with Crippen LogP contribution in [-0.2, 0) is 11.3 Å². The van der Waals surface area contributed by atoms with Crippen LogP contribution < -0.4 is 15.4 Å². The number of aliphatic imine (C=N–C) groups is 1. The van der Waals surface area contributed by atoms with Gasteiger partial charge in [-0.15, -0.1) is 0 Å². The van der Waals surface area contributed by atoms with E-state index in [2.05, 4.69) is 21.9 Å². The largest absolute Gasteiger partial charge is 0.496 e. The first kappa shape index (κ1) is 19.6. The van der Waals surface area contributed by atoms with Gasteiger partial charge in [-0.2, -0.15) is 11.8 Å². The Bertz CT molecular complexity index is 455. The lowest BCUT2D eigenvalue weighted by Gasteiger charge is -2.12. The number of benzene rings is 1. The molecular weight excluding hydrogens is 310 g/mol. The number of ether oxygens (including phenoxy) is 2. The maximum absolute atomic E-state index is 5.69. The van der Waals surface area contributed by atoms with Crippen LogP contribution in [0.2, 0.25) is 0 Å². The second-order valence-electron chi connectivity index (χ2n) is 4.99. The summed E-state index contributed by atoms with van der Waals surface area (Å²) in [4.78, 5) is 4.20. The Labute approximate surface area is 144 Å². The van der Waals surface area contributed by atoms with Gasteiger partial charge in [0.25, 0.3) is 0 Å². The van der Waals surface area contributed by atoms with Crippen LogP contribution in [0.5, 0.6) is 5.75 Å². The summed E-state index contributed by atoms with van der Waals surface area (Å²) in [5.74, 6) is 2.91. The fourth-order valence-corrected chi connectivity index (χ4v) is 2.54. The number of thioether (sulfide) groups is 1. The number of rotatable bonds is 11. The van der Waals surface area contributed by atoms with Gasteiger partial charge in [-0.3, -0.25) is 4.99 Å². The highest BCUT2D eigenvalue weighted by atomic mass is 32.2. The lowest BCUT2D eigenvalue weighted by molar-refractivity contribution is 0.123. The predicted molar refractivity (Wildman–Crippen MR) is 99.6 cm³/mol. The molecule has 130 valence electrons. The van der Waals surface area contributed by atoms with E-state index >= 15 is 0 Å². The Kier molecular flexibility index (Phi) is 11.2. The Morgan fingerprint density at radius 1 is 1.17 bits per heavy atom. The molecule has 23 heavy (non-hydrogen) atoms. The van der Waals surface area contributed by atoms with E-state index in [1.54, 1.807) is 14.2 Å². The topological polar surface area (TPSA) is 54.9 Å². The quantitative estimate of drug-likeness (QED) is 0.369. The van der Waals surface area contributed by atoms with Crippen LogP contribution in [0.4, 0.5) is 0 Å². The minimum absolute atomic E-state index is 0.548. The Hall–Kier alpha value is -1.40. The van der Waals surface area contributed by atoms with Crippen molar-refractivity contribution >= 4 is 17.7 Å². The molecule has 0 spiro atoms. The molecule has 1 aromatic rings. The number of hydrogen-bond acceptors (Lipinski definition) is 4. The third-order valence-electron chi connectivity index (χ3n) is 3.28. The van der Waals surface area contributed by atoms with E-state index in [9.17, 15) is 0 Å². The van der Waals surface area contributed by atoms with Crippen LogP contribution in [0.1, 0.15) is 18.4 Å². The van der Waals surface area contributed by atoms with E-state index in [-0.39, 0.29) is 0 Å². The summed E-state index contributed by atoms with van der Waals surface area (Å²) in [5, 5.41) is 6.56. The molecule has 0 radical (unpaired) electrons. The van der Waals surface area contributed by atoms with Crippen LogP contribution in [-0.4, -0.2) is 51.8 Å². The molecule has 0 amide bonds. The molecule has 1 aromatic carbocycles. The Balaban J connectivity index is 2.13. The average molecular weight is 340 g/mol. The standard InChI is InChI=1S/C17H29N3O2S/c1-18-17(19-10-6-7-13-23-3)20-11-12-22-14-15-8-4-5-9-16(15)21-2/h4-5,8-9H,6-7,10-14H2,1-3H3,(H2,18,19,20). The van der Waals surface area contributed by atoms with Gasteiger partial charge in [0.15, 0.2) is 5.96 Å². The van der Waals surface area contributed by atoms with Gasteiger partial charge < -0.3 is 20.1 Å². The monoisotopic (exact) mass is 339 g/mol. The average Bonchev–Trinajstić information content (AvgIpc) is 2.59. The van der Waals surface area contributed by atoms with Gasteiger partial charge in [-0.05, 0) is 30.9 Å². The zero-order valence-electron chi connectivity index (χ0n) is 14.4. The number of nitrogens with one attached hydrogen (secondary N) is 2. The third-order valence-corrected chi connectivity index (χ3v) is 3.98. The number of para-hydroxylation sites is 1. The van der Waals surface area contributed by atoms with Gasteiger partial charge in [-0.1, -0.05) is 18.2 Å². The van der Waals surface area contributed by atoms with Crippen molar-refractivity contribution in [2.24, 2.45) is 4.99 Å². The van der Waals surface area contributed by atoms with Crippen LogP contribution in [0.15, 0.2) is 29.3 Å². The van der Waals surface area contributed by atoms with Crippen molar-refractivity contribution in [2.75, 3.05) is 45.9 Å².